The first-order chi connectivity index (χ1) is 15.2. The summed E-state index contributed by atoms with van der Waals surface area (Å²) in [5, 5.41) is -0.675. The predicted molar refractivity (Wildman–Crippen MR) is 126 cm³/mol. The van der Waals surface area contributed by atoms with Gasteiger partial charge in [0.2, 0.25) is 16.0 Å². The molecule has 0 radical (unpaired) electrons. The van der Waals surface area contributed by atoms with Gasteiger partial charge in [0.15, 0.2) is 4.73 Å². The second-order valence-corrected chi connectivity index (χ2v) is 11.2. The second-order valence-electron chi connectivity index (χ2n) is 8.19. The second kappa shape index (κ2) is 7.41. The molecule has 10 heteroatoms. The zero-order valence-electron chi connectivity index (χ0n) is 17.5. The SMILES string of the molecule is CC(C)S(=O)(=O)n1c(N)nc2ccc(-c3c(-c4ccccc4F)nc(Br)n3C3CC3)cc21. The van der Waals surface area contributed by atoms with Gasteiger partial charge in [-0.2, -0.15) is 0 Å². The highest BCUT2D eigenvalue weighted by Crippen LogP contribution is 2.45. The van der Waals surface area contributed by atoms with Crippen molar-refractivity contribution >= 4 is 42.9 Å². The van der Waals surface area contributed by atoms with Crippen LogP contribution in [-0.4, -0.2) is 32.2 Å². The zero-order valence-corrected chi connectivity index (χ0v) is 19.9. The summed E-state index contributed by atoms with van der Waals surface area (Å²) in [5.41, 5.74) is 9.15. The summed E-state index contributed by atoms with van der Waals surface area (Å²) >= 11 is 3.54. The summed E-state index contributed by atoms with van der Waals surface area (Å²) in [6.07, 6.45) is 1.99. The molecule has 32 heavy (non-hydrogen) atoms. The monoisotopic (exact) mass is 517 g/mol. The number of nitrogens with zero attached hydrogens (tertiary/aromatic N) is 4. The third-order valence-electron chi connectivity index (χ3n) is 5.67. The summed E-state index contributed by atoms with van der Waals surface area (Å²) in [7, 11) is -3.73. The maximum Gasteiger partial charge on any atom is 0.244 e. The lowest BCUT2D eigenvalue weighted by atomic mass is 10.0. The van der Waals surface area contributed by atoms with E-state index in [2.05, 4.69) is 25.9 Å². The maximum atomic E-state index is 14.7. The van der Waals surface area contributed by atoms with Crippen LogP contribution in [-0.2, 0) is 10.0 Å². The van der Waals surface area contributed by atoms with Crippen molar-refractivity contribution in [1.29, 1.82) is 0 Å². The van der Waals surface area contributed by atoms with Crippen LogP contribution in [0.2, 0.25) is 0 Å². The van der Waals surface area contributed by atoms with Crippen LogP contribution in [0.5, 0.6) is 0 Å². The molecule has 166 valence electrons. The number of imidazole rings is 2. The molecule has 0 atom stereocenters. The Hall–Kier alpha value is -2.72. The van der Waals surface area contributed by atoms with Crippen molar-refractivity contribution in [2.45, 2.75) is 38.0 Å². The lowest BCUT2D eigenvalue weighted by Crippen LogP contribution is -2.23. The Balaban J connectivity index is 1.81. The Morgan fingerprint density at radius 2 is 1.88 bits per heavy atom. The lowest BCUT2D eigenvalue weighted by molar-refractivity contribution is 0.580. The minimum absolute atomic E-state index is 0.0861. The van der Waals surface area contributed by atoms with Gasteiger partial charge in [-0.25, -0.2) is 26.7 Å². The minimum Gasteiger partial charge on any atom is -0.368 e. The van der Waals surface area contributed by atoms with Gasteiger partial charge in [0, 0.05) is 17.2 Å². The number of rotatable bonds is 5. The van der Waals surface area contributed by atoms with Crippen LogP contribution in [0, 0.1) is 5.82 Å². The van der Waals surface area contributed by atoms with Gasteiger partial charge in [-0.05, 0) is 66.9 Å². The highest BCUT2D eigenvalue weighted by molar-refractivity contribution is 9.10. The van der Waals surface area contributed by atoms with E-state index < -0.39 is 15.3 Å². The van der Waals surface area contributed by atoms with Crippen molar-refractivity contribution in [2.75, 3.05) is 5.73 Å². The Morgan fingerprint density at radius 1 is 1.16 bits per heavy atom. The average molecular weight is 518 g/mol. The number of fused-ring (bicyclic) bond motifs is 1. The van der Waals surface area contributed by atoms with Crippen LogP contribution in [0.1, 0.15) is 32.7 Å². The van der Waals surface area contributed by atoms with Crippen LogP contribution >= 0.6 is 15.9 Å². The molecule has 2 N–H and O–H groups in total. The fourth-order valence-electron chi connectivity index (χ4n) is 3.89. The number of hydrogen-bond donors (Lipinski definition) is 1. The van der Waals surface area contributed by atoms with Gasteiger partial charge in [0.25, 0.3) is 0 Å². The molecule has 2 aromatic carbocycles. The van der Waals surface area contributed by atoms with E-state index in [9.17, 15) is 12.8 Å². The molecule has 0 saturated heterocycles. The third-order valence-corrected chi connectivity index (χ3v) is 8.31. The van der Waals surface area contributed by atoms with E-state index in [1.54, 1.807) is 44.2 Å². The van der Waals surface area contributed by atoms with Crippen LogP contribution in [0.4, 0.5) is 10.3 Å². The lowest BCUT2D eigenvalue weighted by Gasteiger charge is -2.13. The van der Waals surface area contributed by atoms with E-state index in [0.29, 0.717) is 32.6 Å². The van der Waals surface area contributed by atoms with E-state index in [1.807, 2.05) is 10.6 Å². The third kappa shape index (κ3) is 3.24. The number of anilines is 1. The van der Waals surface area contributed by atoms with Crippen LogP contribution < -0.4 is 5.73 Å². The molecule has 1 aliphatic carbocycles. The zero-order chi connectivity index (χ0) is 22.8. The molecule has 0 bridgehead atoms. The quantitative estimate of drug-likeness (QED) is 0.403. The molecule has 1 fully saturated rings. The van der Waals surface area contributed by atoms with Crippen LogP contribution in [0.15, 0.2) is 47.2 Å². The topological polar surface area (TPSA) is 95.8 Å². The van der Waals surface area contributed by atoms with Crippen molar-refractivity contribution < 1.29 is 12.8 Å². The summed E-state index contributed by atoms with van der Waals surface area (Å²) in [4.78, 5) is 8.87. The number of nitrogens with two attached hydrogens (primary N) is 1. The molecule has 2 aromatic heterocycles. The Labute approximate surface area is 193 Å². The summed E-state index contributed by atoms with van der Waals surface area (Å²) in [6.45, 7) is 3.19. The molecule has 0 amide bonds. The van der Waals surface area contributed by atoms with E-state index >= 15 is 0 Å². The highest BCUT2D eigenvalue weighted by atomic mass is 79.9. The molecule has 1 aliphatic rings. The Morgan fingerprint density at radius 3 is 2.53 bits per heavy atom. The number of halogens is 2. The Kier molecular flexibility index (Phi) is 4.90. The van der Waals surface area contributed by atoms with Crippen molar-refractivity contribution in [3.63, 3.8) is 0 Å². The first-order valence-corrected chi connectivity index (χ1v) is 12.5. The van der Waals surface area contributed by atoms with E-state index in [1.165, 1.54) is 6.07 Å². The van der Waals surface area contributed by atoms with Gasteiger partial charge >= 0.3 is 0 Å². The molecule has 0 unspecified atom stereocenters. The van der Waals surface area contributed by atoms with Gasteiger partial charge in [-0.1, -0.05) is 18.2 Å². The summed E-state index contributed by atoms with van der Waals surface area (Å²) in [5.74, 6) is -0.462. The predicted octanol–water partition coefficient (Wildman–Crippen LogP) is 4.97. The molecule has 5 rings (SSSR count). The molecule has 7 nitrogen and oxygen atoms in total. The van der Waals surface area contributed by atoms with Crippen LogP contribution in [0.25, 0.3) is 33.5 Å². The normalized spacial score (nSPS) is 14.5. The maximum absolute atomic E-state index is 14.7. The number of aromatic nitrogens is 4. The minimum atomic E-state index is -3.73. The summed E-state index contributed by atoms with van der Waals surface area (Å²) < 4.78 is 44.4. The summed E-state index contributed by atoms with van der Waals surface area (Å²) in [6, 6.07) is 12.1. The van der Waals surface area contributed by atoms with Crippen molar-refractivity contribution in [3.8, 4) is 22.5 Å². The van der Waals surface area contributed by atoms with Crippen molar-refractivity contribution in [3.05, 3.63) is 53.0 Å². The van der Waals surface area contributed by atoms with E-state index in [0.717, 1.165) is 22.5 Å². The molecule has 4 aromatic rings. The van der Waals surface area contributed by atoms with Crippen molar-refractivity contribution in [1.82, 2.24) is 18.5 Å². The molecule has 1 saturated carbocycles. The first-order valence-electron chi connectivity index (χ1n) is 10.3. The fourth-order valence-corrected chi connectivity index (χ4v) is 5.67. The molecule has 0 spiro atoms. The largest absolute Gasteiger partial charge is 0.368 e. The van der Waals surface area contributed by atoms with E-state index in [4.69, 9.17) is 5.73 Å². The average Bonchev–Trinajstić information content (AvgIpc) is 3.43. The Bertz CT molecular complexity index is 1470. The highest BCUT2D eigenvalue weighted by Gasteiger charge is 2.32. The molecule has 0 aliphatic heterocycles. The van der Waals surface area contributed by atoms with E-state index in [-0.39, 0.29) is 17.8 Å². The van der Waals surface area contributed by atoms with Gasteiger partial charge in [-0.3, -0.25) is 0 Å². The van der Waals surface area contributed by atoms with Gasteiger partial charge in [-0.15, -0.1) is 0 Å². The molecular weight excluding hydrogens is 497 g/mol. The standard InChI is InChI=1S/C22H21BrFN5O2S/c1-12(2)32(30,31)29-18-11-13(7-10-17(18)26-22(29)25)20-19(15-5-3-4-6-16(15)24)27-21(23)28(20)14-8-9-14/h3-7,10-12,14H,8-9H2,1-2H3,(H2,25,26). The first kappa shape index (κ1) is 21.1. The van der Waals surface area contributed by atoms with Crippen LogP contribution in [0.3, 0.4) is 0 Å². The van der Waals surface area contributed by atoms with Gasteiger partial charge in [0.05, 0.1) is 22.0 Å². The molecule has 2 heterocycles. The van der Waals surface area contributed by atoms with Gasteiger partial charge in [0.1, 0.15) is 11.5 Å². The molecular formula is C22H21BrFN5O2S. The number of benzene rings is 2. The smallest absolute Gasteiger partial charge is 0.244 e. The number of hydrogen-bond acceptors (Lipinski definition) is 5. The van der Waals surface area contributed by atoms with Gasteiger partial charge < -0.3 is 10.3 Å². The van der Waals surface area contributed by atoms with Crippen molar-refractivity contribution in [2.24, 2.45) is 0 Å². The number of nitrogen functional groups attached to an aromatic ring is 1. The fraction of sp³-hybridized carbons (Fsp3) is 0.273.